The Morgan fingerprint density at radius 3 is 2.67 bits per heavy atom. The highest BCUT2D eigenvalue weighted by Gasteiger charge is 2.10. The van der Waals surface area contributed by atoms with E-state index in [0.717, 1.165) is 40.2 Å². The molecule has 30 heavy (non-hydrogen) atoms. The zero-order chi connectivity index (χ0) is 20.1. The smallest absolute Gasteiger partial charge is 0.214 e. The van der Waals surface area contributed by atoms with E-state index >= 15 is 0 Å². The van der Waals surface area contributed by atoms with Gasteiger partial charge in [-0.1, -0.05) is 53.2 Å². The number of furan rings is 1. The van der Waals surface area contributed by atoms with Crippen LogP contribution in [0.3, 0.4) is 0 Å². The number of thioether (sulfide) groups is 1. The summed E-state index contributed by atoms with van der Waals surface area (Å²) in [4.78, 5) is 0. The summed E-state index contributed by atoms with van der Waals surface area (Å²) in [6.07, 6.45) is 0. The van der Waals surface area contributed by atoms with Crippen LogP contribution in [0, 0.1) is 0 Å². The van der Waals surface area contributed by atoms with Crippen LogP contribution in [0.5, 0.6) is 0 Å². The van der Waals surface area contributed by atoms with Crippen LogP contribution < -0.4 is 5.32 Å². The fourth-order valence-corrected chi connectivity index (χ4v) is 4.02. The van der Waals surface area contributed by atoms with Crippen molar-refractivity contribution < 1.29 is 4.42 Å². The lowest BCUT2D eigenvalue weighted by Crippen LogP contribution is -2.16. The standard InChI is InChI=1S/C20H17Cl2N5OS.ClH/c21-14-6-8-17(18(22)12-14)19-9-7-16(28-19)13-23-10-11-29-20-24-25-26-27(20)15-4-2-1-3-5-15;/h1-9,12,23H,10-11,13H2;1H. The molecule has 0 saturated heterocycles. The van der Waals surface area contributed by atoms with Gasteiger partial charge in [0, 0.05) is 22.9 Å². The average molecular weight is 483 g/mol. The second-order valence-electron chi connectivity index (χ2n) is 6.12. The van der Waals surface area contributed by atoms with Crippen molar-refractivity contribution in [1.29, 1.82) is 0 Å². The van der Waals surface area contributed by atoms with Gasteiger partial charge in [-0.2, -0.15) is 4.68 Å². The third-order valence-electron chi connectivity index (χ3n) is 4.11. The summed E-state index contributed by atoms with van der Waals surface area (Å²) >= 11 is 13.8. The number of tetrazole rings is 1. The zero-order valence-electron chi connectivity index (χ0n) is 15.7. The Hall–Kier alpha value is -2.03. The molecule has 0 radical (unpaired) electrons. The molecule has 0 amide bonds. The highest BCUT2D eigenvalue weighted by molar-refractivity contribution is 7.99. The minimum Gasteiger partial charge on any atom is -0.460 e. The maximum absolute atomic E-state index is 6.24. The third-order valence-corrected chi connectivity index (χ3v) is 5.58. The number of nitrogens with one attached hydrogen (secondary N) is 1. The second-order valence-corrected chi connectivity index (χ2v) is 8.03. The van der Waals surface area contributed by atoms with Gasteiger partial charge in [0.25, 0.3) is 0 Å². The molecule has 2 heterocycles. The molecule has 0 bridgehead atoms. The predicted octanol–water partition coefficient (Wildman–Crippen LogP) is 5.53. The Kier molecular flexibility index (Phi) is 8.18. The van der Waals surface area contributed by atoms with Gasteiger partial charge in [-0.25, -0.2) is 0 Å². The average Bonchev–Trinajstić information content (AvgIpc) is 3.38. The number of hydrogen-bond donors (Lipinski definition) is 1. The predicted molar refractivity (Wildman–Crippen MR) is 123 cm³/mol. The Labute approximate surface area is 194 Å². The molecule has 0 aliphatic rings. The fraction of sp³-hybridized carbons (Fsp3) is 0.150. The number of para-hydroxylation sites is 1. The van der Waals surface area contributed by atoms with Crippen LogP contribution in [-0.4, -0.2) is 32.5 Å². The molecule has 0 unspecified atom stereocenters. The number of halogens is 3. The van der Waals surface area contributed by atoms with Crippen molar-refractivity contribution in [3.05, 3.63) is 76.5 Å². The van der Waals surface area contributed by atoms with Crippen LogP contribution in [-0.2, 0) is 6.54 Å². The third kappa shape index (κ3) is 5.56. The molecule has 2 aromatic carbocycles. The lowest BCUT2D eigenvalue weighted by atomic mass is 10.2. The maximum Gasteiger partial charge on any atom is 0.214 e. The molecule has 6 nitrogen and oxygen atoms in total. The normalized spacial score (nSPS) is 10.7. The molecule has 0 atom stereocenters. The largest absolute Gasteiger partial charge is 0.460 e. The first-order chi connectivity index (χ1) is 14.2. The summed E-state index contributed by atoms with van der Waals surface area (Å²) in [7, 11) is 0. The van der Waals surface area contributed by atoms with Gasteiger partial charge < -0.3 is 9.73 Å². The van der Waals surface area contributed by atoms with Gasteiger partial charge in [-0.15, -0.1) is 17.5 Å². The minimum absolute atomic E-state index is 0. The molecule has 4 aromatic rings. The second kappa shape index (κ2) is 10.8. The van der Waals surface area contributed by atoms with E-state index in [-0.39, 0.29) is 12.4 Å². The molecule has 0 saturated carbocycles. The molecule has 4 rings (SSSR count). The van der Waals surface area contributed by atoms with Crippen molar-refractivity contribution >= 4 is 47.4 Å². The fourth-order valence-electron chi connectivity index (χ4n) is 2.73. The van der Waals surface area contributed by atoms with E-state index < -0.39 is 0 Å². The lowest BCUT2D eigenvalue weighted by Gasteiger charge is -2.05. The van der Waals surface area contributed by atoms with Crippen molar-refractivity contribution in [3.63, 3.8) is 0 Å². The molecule has 10 heteroatoms. The van der Waals surface area contributed by atoms with Crippen molar-refractivity contribution in [2.45, 2.75) is 11.7 Å². The Morgan fingerprint density at radius 1 is 1.03 bits per heavy atom. The number of hydrogen-bond acceptors (Lipinski definition) is 6. The number of rotatable bonds is 8. The van der Waals surface area contributed by atoms with Crippen LogP contribution >= 0.6 is 47.4 Å². The number of benzene rings is 2. The Morgan fingerprint density at radius 2 is 1.87 bits per heavy atom. The van der Waals surface area contributed by atoms with Gasteiger partial charge in [0.1, 0.15) is 11.5 Å². The zero-order valence-corrected chi connectivity index (χ0v) is 18.8. The summed E-state index contributed by atoms with van der Waals surface area (Å²) in [5, 5.41) is 17.2. The molecular weight excluding hydrogens is 465 g/mol. The first-order valence-electron chi connectivity index (χ1n) is 8.92. The molecule has 0 spiro atoms. The first-order valence-corrected chi connectivity index (χ1v) is 10.7. The van der Waals surface area contributed by atoms with E-state index in [1.807, 2.05) is 48.5 Å². The van der Waals surface area contributed by atoms with Gasteiger partial charge in [-0.05, 0) is 52.9 Å². The van der Waals surface area contributed by atoms with Gasteiger partial charge in [0.2, 0.25) is 5.16 Å². The first kappa shape index (κ1) is 22.7. The maximum atomic E-state index is 6.24. The summed E-state index contributed by atoms with van der Waals surface area (Å²) in [6, 6.07) is 19.0. The van der Waals surface area contributed by atoms with Crippen molar-refractivity contribution in [3.8, 4) is 17.0 Å². The van der Waals surface area contributed by atoms with Gasteiger partial charge in [0.05, 0.1) is 17.3 Å². The van der Waals surface area contributed by atoms with Crippen molar-refractivity contribution in [2.24, 2.45) is 0 Å². The van der Waals surface area contributed by atoms with Gasteiger partial charge >= 0.3 is 0 Å². The lowest BCUT2D eigenvalue weighted by molar-refractivity contribution is 0.499. The molecule has 1 N–H and O–H groups in total. The molecule has 0 fully saturated rings. The van der Waals surface area contributed by atoms with Crippen LogP contribution in [0.25, 0.3) is 17.0 Å². The van der Waals surface area contributed by atoms with E-state index in [4.69, 9.17) is 27.6 Å². The summed E-state index contributed by atoms with van der Waals surface area (Å²) in [5.74, 6) is 2.38. The van der Waals surface area contributed by atoms with Crippen molar-refractivity contribution in [1.82, 2.24) is 25.5 Å². The van der Waals surface area contributed by atoms with Crippen LogP contribution in [0.1, 0.15) is 5.76 Å². The Balaban J connectivity index is 0.00000256. The quantitative estimate of drug-likeness (QED) is 0.263. The Bertz CT molecular complexity index is 1090. The molecule has 0 aliphatic carbocycles. The van der Waals surface area contributed by atoms with E-state index in [1.54, 1.807) is 28.6 Å². The summed E-state index contributed by atoms with van der Waals surface area (Å²) < 4.78 is 7.62. The van der Waals surface area contributed by atoms with E-state index in [2.05, 4.69) is 20.8 Å². The summed E-state index contributed by atoms with van der Waals surface area (Å²) in [6.45, 7) is 1.40. The molecular formula is C20H18Cl3N5OS. The van der Waals surface area contributed by atoms with Crippen LogP contribution in [0.15, 0.2) is 70.2 Å². The molecule has 156 valence electrons. The van der Waals surface area contributed by atoms with Crippen molar-refractivity contribution in [2.75, 3.05) is 12.3 Å². The highest BCUT2D eigenvalue weighted by Crippen LogP contribution is 2.31. The topological polar surface area (TPSA) is 68.8 Å². The minimum atomic E-state index is 0. The molecule has 0 aliphatic heterocycles. The summed E-state index contributed by atoms with van der Waals surface area (Å²) in [5.41, 5.74) is 1.77. The molecule has 2 aromatic heterocycles. The number of nitrogens with zero attached hydrogens (tertiary/aromatic N) is 4. The monoisotopic (exact) mass is 481 g/mol. The van der Waals surface area contributed by atoms with E-state index in [9.17, 15) is 0 Å². The number of aromatic nitrogens is 4. The SMILES string of the molecule is Cl.Clc1ccc(-c2ccc(CNCCSc3nnnn3-c3ccccc3)o2)c(Cl)c1. The van der Waals surface area contributed by atoms with Crippen LogP contribution in [0.4, 0.5) is 0 Å². The highest BCUT2D eigenvalue weighted by atomic mass is 35.5. The van der Waals surface area contributed by atoms with E-state index in [1.165, 1.54) is 0 Å². The van der Waals surface area contributed by atoms with Crippen LogP contribution in [0.2, 0.25) is 10.0 Å². The van der Waals surface area contributed by atoms with Gasteiger partial charge in [-0.3, -0.25) is 0 Å². The van der Waals surface area contributed by atoms with Gasteiger partial charge in [0.15, 0.2) is 0 Å². The van der Waals surface area contributed by atoms with E-state index in [0.29, 0.717) is 16.6 Å².